The number of carbonyl (C=O) groups excluding carboxylic acids is 2. The van der Waals surface area contributed by atoms with E-state index in [2.05, 4.69) is 10.3 Å². The van der Waals surface area contributed by atoms with Gasteiger partial charge < -0.3 is 10.1 Å². The second kappa shape index (κ2) is 7.38. The lowest BCUT2D eigenvalue weighted by atomic mass is 10.1. The predicted octanol–water partition coefficient (Wildman–Crippen LogP) is 2.07. The molecule has 2 rings (SSSR count). The average Bonchev–Trinajstić information content (AvgIpc) is 2.52. The van der Waals surface area contributed by atoms with E-state index in [1.807, 2.05) is 6.07 Å². The maximum Gasteiger partial charge on any atom is 0.339 e. The Bertz CT molecular complexity index is 755. The van der Waals surface area contributed by atoms with Crippen LogP contribution in [0, 0.1) is 11.3 Å². The summed E-state index contributed by atoms with van der Waals surface area (Å²) in [4.78, 5) is 27.7. The Morgan fingerprint density at radius 1 is 1.36 bits per heavy atom. The van der Waals surface area contributed by atoms with Gasteiger partial charge in [0.05, 0.1) is 23.6 Å². The zero-order chi connectivity index (χ0) is 15.9. The monoisotopic (exact) mass is 317 g/mol. The molecule has 0 atom stereocenters. The highest BCUT2D eigenvalue weighted by atomic mass is 35.5. The Morgan fingerprint density at radius 2 is 2.14 bits per heavy atom. The first-order valence-electron chi connectivity index (χ1n) is 6.48. The number of rotatable bonds is 5. The van der Waals surface area contributed by atoms with Crippen LogP contribution in [0.25, 0.3) is 10.9 Å². The van der Waals surface area contributed by atoms with Gasteiger partial charge in [-0.25, -0.2) is 9.78 Å². The molecule has 7 heteroatoms. The number of hydrogen-bond donors (Lipinski definition) is 1. The predicted molar refractivity (Wildman–Crippen MR) is 80.3 cm³/mol. The molecule has 1 N–H and O–H groups in total. The summed E-state index contributed by atoms with van der Waals surface area (Å²) in [5.41, 5.74) is 0.820. The van der Waals surface area contributed by atoms with E-state index in [-0.39, 0.29) is 23.7 Å². The summed E-state index contributed by atoms with van der Waals surface area (Å²) in [6.45, 7) is -0.199. The van der Waals surface area contributed by atoms with Crippen molar-refractivity contribution >= 4 is 34.4 Å². The maximum atomic E-state index is 12.1. The number of para-hydroxylation sites is 1. The summed E-state index contributed by atoms with van der Waals surface area (Å²) >= 11 is 5.89. The second-order valence-corrected chi connectivity index (χ2v) is 4.73. The van der Waals surface area contributed by atoms with Crippen LogP contribution in [0.2, 0.25) is 5.15 Å². The molecule has 0 radical (unpaired) electrons. The van der Waals surface area contributed by atoms with Crippen molar-refractivity contribution in [1.29, 1.82) is 5.26 Å². The van der Waals surface area contributed by atoms with Crippen molar-refractivity contribution in [2.75, 3.05) is 13.2 Å². The van der Waals surface area contributed by atoms with Gasteiger partial charge in [0, 0.05) is 11.9 Å². The molecule has 0 spiro atoms. The number of benzene rings is 1. The number of hydrogen-bond acceptors (Lipinski definition) is 5. The molecule has 0 aliphatic rings. The molecule has 2 aromatic rings. The molecular formula is C15H12ClN3O3. The van der Waals surface area contributed by atoms with Crippen molar-refractivity contribution < 1.29 is 14.3 Å². The number of aromatic nitrogens is 1. The standard InChI is InChI=1S/C15H12ClN3O3/c16-13-8-11(10-4-1-2-5-12(10)19-13)15(21)22-9-14(20)18-7-3-6-17/h1-2,4-5,8H,3,7,9H2,(H,18,20). The Hall–Kier alpha value is -2.65. The third-order valence-electron chi connectivity index (χ3n) is 2.80. The smallest absolute Gasteiger partial charge is 0.339 e. The van der Waals surface area contributed by atoms with E-state index in [9.17, 15) is 9.59 Å². The fourth-order valence-corrected chi connectivity index (χ4v) is 2.03. The molecule has 0 aliphatic carbocycles. The lowest BCUT2D eigenvalue weighted by Gasteiger charge is -2.08. The van der Waals surface area contributed by atoms with Gasteiger partial charge >= 0.3 is 5.97 Å². The number of pyridine rings is 1. The topological polar surface area (TPSA) is 92.1 Å². The average molecular weight is 318 g/mol. The van der Waals surface area contributed by atoms with Crippen LogP contribution < -0.4 is 5.32 Å². The summed E-state index contributed by atoms with van der Waals surface area (Å²) in [5.74, 6) is -1.12. The Morgan fingerprint density at radius 3 is 2.91 bits per heavy atom. The number of carbonyl (C=O) groups is 2. The molecular weight excluding hydrogens is 306 g/mol. The summed E-state index contributed by atoms with van der Waals surface area (Å²) in [6.07, 6.45) is 0.199. The van der Waals surface area contributed by atoms with Crippen molar-refractivity contribution in [3.63, 3.8) is 0 Å². The fourth-order valence-electron chi connectivity index (χ4n) is 1.83. The van der Waals surface area contributed by atoms with Gasteiger partial charge in [0.1, 0.15) is 5.15 Å². The van der Waals surface area contributed by atoms with Crippen molar-refractivity contribution in [1.82, 2.24) is 10.3 Å². The molecule has 1 aromatic carbocycles. The minimum atomic E-state index is -0.657. The van der Waals surface area contributed by atoms with Gasteiger partial charge in [-0.2, -0.15) is 5.26 Å². The molecule has 0 unspecified atom stereocenters. The zero-order valence-corrected chi connectivity index (χ0v) is 12.3. The van der Waals surface area contributed by atoms with E-state index < -0.39 is 18.5 Å². The van der Waals surface area contributed by atoms with Crippen molar-refractivity contribution in [3.05, 3.63) is 41.0 Å². The van der Waals surface area contributed by atoms with Crippen molar-refractivity contribution in [2.24, 2.45) is 0 Å². The highest BCUT2D eigenvalue weighted by Crippen LogP contribution is 2.21. The zero-order valence-electron chi connectivity index (χ0n) is 11.5. The summed E-state index contributed by atoms with van der Waals surface area (Å²) in [7, 11) is 0. The number of fused-ring (bicyclic) bond motifs is 1. The molecule has 1 amide bonds. The Balaban J connectivity index is 2.07. The van der Waals surface area contributed by atoms with Crippen LogP contribution in [-0.2, 0) is 9.53 Å². The quantitative estimate of drug-likeness (QED) is 0.518. The molecule has 0 aliphatic heterocycles. The molecule has 0 bridgehead atoms. The molecule has 0 fully saturated rings. The molecule has 22 heavy (non-hydrogen) atoms. The van der Waals surface area contributed by atoms with Gasteiger partial charge in [0.15, 0.2) is 6.61 Å². The molecule has 6 nitrogen and oxygen atoms in total. The van der Waals surface area contributed by atoms with Crippen LogP contribution in [-0.4, -0.2) is 30.0 Å². The van der Waals surface area contributed by atoms with Gasteiger partial charge in [-0.05, 0) is 12.1 Å². The SMILES string of the molecule is N#CCCNC(=O)COC(=O)c1cc(Cl)nc2ccccc12. The van der Waals surface area contributed by atoms with Gasteiger partial charge in [0.2, 0.25) is 0 Å². The molecule has 112 valence electrons. The minimum absolute atomic E-state index is 0.170. The maximum absolute atomic E-state index is 12.1. The van der Waals surface area contributed by atoms with Crippen LogP contribution >= 0.6 is 11.6 Å². The number of esters is 1. The van der Waals surface area contributed by atoms with Crippen molar-refractivity contribution in [2.45, 2.75) is 6.42 Å². The minimum Gasteiger partial charge on any atom is -0.452 e. The number of amides is 1. The molecule has 0 saturated carbocycles. The molecule has 1 heterocycles. The first kappa shape index (κ1) is 15.7. The van der Waals surface area contributed by atoms with E-state index >= 15 is 0 Å². The summed E-state index contributed by atoms with van der Waals surface area (Å²) in [5, 5.41) is 11.6. The first-order chi connectivity index (χ1) is 10.6. The Labute approximate surface area is 131 Å². The van der Waals surface area contributed by atoms with E-state index in [4.69, 9.17) is 21.6 Å². The van der Waals surface area contributed by atoms with Gasteiger partial charge in [0.25, 0.3) is 5.91 Å². The highest BCUT2D eigenvalue weighted by molar-refractivity contribution is 6.30. The Kier molecular flexibility index (Phi) is 5.28. The first-order valence-corrected chi connectivity index (χ1v) is 6.85. The number of nitrogens with zero attached hydrogens (tertiary/aromatic N) is 2. The molecule has 0 saturated heterocycles. The van der Waals surface area contributed by atoms with Crippen LogP contribution in [0.3, 0.4) is 0 Å². The van der Waals surface area contributed by atoms with Crippen LogP contribution in [0.5, 0.6) is 0 Å². The third-order valence-corrected chi connectivity index (χ3v) is 2.99. The van der Waals surface area contributed by atoms with E-state index in [0.717, 1.165) is 0 Å². The van der Waals surface area contributed by atoms with Crippen LogP contribution in [0.1, 0.15) is 16.8 Å². The van der Waals surface area contributed by atoms with E-state index in [1.165, 1.54) is 6.07 Å². The largest absolute Gasteiger partial charge is 0.452 e. The lowest BCUT2D eigenvalue weighted by Crippen LogP contribution is -2.29. The van der Waals surface area contributed by atoms with Crippen LogP contribution in [0.4, 0.5) is 0 Å². The van der Waals surface area contributed by atoms with E-state index in [1.54, 1.807) is 24.3 Å². The van der Waals surface area contributed by atoms with Crippen molar-refractivity contribution in [3.8, 4) is 6.07 Å². The van der Waals surface area contributed by atoms with Gasteiger partial charge in [-0.15, -0.1) is 0 Å². The summed E-state index contributed by atoms with van der Waals surface area (Å²) in [6, 6.07) is 10.3. The number of halogens is 1. The number of nitriles is 1. The van der Waals surface area contributed by atoms with Gasteiger partial charge in [-0.1, -0.05) is 29.8 Å². The summed E-state index contributed by atoms with van der Waals surface area (Å²) < 4.78 is 4.96. The van der Waals surface area contributed by atoms with Crippen LogP contribution in [0.15, 0.2) is 30.3 Å². The highest BCUT2D eigenvalue weighted by Gasteiger charge is 2.15. The third kappa shape index (κ3) is 3.93. The number of ether oxygens (including phenoxy) is 1. The van der Waals surface area contributed by atoms with E-state index in [0.29, 0.717) is 10.9 Å². The normalized spacial score (nSPS) is 10.0. The second-order valence-electron chi connectivity index (χ2n) is 4.34. The molecule has 1 aromatic heterocycles. The fraction of sp³-hybridized carbons (Fsp3) is 0.200. The lowest BCUT2D eigenvalue weighted by molar-refractivity contribution is -0.124. The number of nitrogens with one attached hydrogen (secondary N) is 1. The van der Waals surface area contributed by atoms with Gasteiger partial charge in [-0.3, -0.25) is 4.79 Å².